The molecule has 4 heteroatoms. The predicted molar refractivity (Wildman–Crippen MR) is 72.7 cm³/mol. The Balaban J connectivity index is 1.93. The molecule has 0 spiro atoms. The van der Waals surface area contributed by atoms with Crippen molar-refractivity contribution in [1.82, 2.24) is 9.55 Å². The van der Waals surface area contributed by atoms with Gasteiger partial charge in [0.25, 0.3) is 0 Å². The Bertz CT molecular complexity index is 759. The first kappa shape index (κ1) is 11.7. The zero-order valence-electron chi connectivity index (χ0n) is 10.3. The van der Waals surface area contributed by atoms with Crippen molar-refractivity contribution in [1.29, 1.82) is 0 Å². The van der Waals surface area contributed by atoms with E-state index in [-0.39, 0.29) is 11.5 Å². The van der Waals surface area contributed by atoms with Crippen molar-refractivity contribution in [3.63, 3.8) is 0 Å². The summed E-state index contributed by atoms with van der Waals surface area (Å²) in [6, 6.07) is 14.3. The molecule has 3 aromatic rings. The third-order valence-corrected chi connectivity index (χ3v) is 3.20. The average Bonchev–Trinajstić information content (AvgIpc) is 2.72. The van der Waals surface area contributed by atoms with E-state index in [2.05, 4.69) is 4.98 Å². The molecule has 1 heterocycles. The SMILES string of the molecule is O=c1[nH]c2cc(F)ccc2n1CCc1ccccc1. The summed E-state index contributed by atoms with van der Waals surface area (Å²) in [5.74, 6) is -0.344. The van der Waals surface area contributed by atoms with Gasteiger partial charge in [-0.25, -0.2) is 9.18 Å². The normalized spacial score (nSPS) is 11.0. The van der Waals surface area contributed by atoms with E-state index in [1.54, 1.807) is 10.6 Å². The van der Waals surface area contributed by atoms with Crippen LogP contribution in [0.15, 0.2) is 53.3 Å². The summed E-state index contributed by atoms with van der Waals surface area (Å²) in [7, 11) is 0. The Morgan fingerprint density at radius 2 is 1.89 bits per heavy atom. The zero-order chi connectivity index (χ0) is 13.2. The van der Waals surface area contributed by atoms with Crippen LogP contribution < -0.4 is 5.69 Å². The van der Waals surface area contributed by atoms with E-state index in [0.717, 1.165) is 11.9 Å². The van der Waals surface area contributed by atoms with Crippen LogP contribution in [-0.2, 0) is 13.0 Å². The van der Waals surface area contributed by atoms with E-state index in [9.17, 15) is 9.18 Å². The fourth-order valence-electron chi connectivity index (χ4n) is 2.24. The molecule has 1 aromatic heterocycles. The molecule has 0 saturated heterocycles. The molecule has 0 aliphatic rings. The number of H-pyrrole nitrogens is 1. The highest BCUT2D eigenvalue weighted by molar-refractivity contribution is 5.75. The molecule has 2 aromatic carbocycles. The molecule has 0 bridgehead atoms. The van der Waals surface area contributed by atoms with Crippen LogP contribution in [0.3, 0.4) is 0 Å². The van der Waals surface area contributed by atoms with Gasteiger partial charge in [0.1, 0.15) is 5.82 Å². The van der Waals surface area contributed by atoms with E-state index >= 15 is 0 Å². The number of nitrogens with one attached hydrogen (secondary N) is 1. The molecule has 0 fully saturated rings. The van der Waals surface area contributed by atoms with Crippen LogP contribution in [0.5, 0.6) is 0 Å². The van der Waals surface area contributed by atoms with E-state index in [0.29, 0.717) is 12.1 Å². The van der Waals surface area contributed by atoms with E-state index in [4.69, 9.17) is 0 Å². The van der Waals surface area contributed by atoms with Gasteiger partial charge in [-0.05, 0) is 30.2 Å². The lowest BCUT2D eigenvalue weighted by Crippen LogP contribution is -2.17. The molecule has 0 radical (unpaired) electrons. The minimum Gasteiger partial charge on any atom is -0.305 e. The van der Waals surface area contributed by atoms with Crippen molar-refractivity contribution in [2.75, 3.05) is 0 Å². The van der Waals surface area contributed by atoms with Gasteiger partial charge < -0.3 is 4.98 Å². The monoisotopic (exact) mass is 256 g/mol. The Morgan fingerprint density at radius 1 is 1.11 bits per heavy atom. The Morgan fingerprint density at radius 3 is 2.68 bits per heavy atom. The Hall–Kier alpha value is -2.36. The van der Waals surface area contributed by atoms with Gasteiger partial charge in [-0.1, -0.05) is 30.3 Å². The van der Waals surface area contributed by atoms with E-state index in [1.807, 2.05) is 30.3 Å². The summed E-state index contributed by atoms with van der Waals surface area (Å²) < 4.78 is 14.7. The number of benzene rings is 2. The van der Waals surface area contributed by atoms with Crippen LogP contribution in [0, 0.1) is 5.82 Å². The summed E-state index contributed by atoms with van der Waals surface area (Å²) in [6.45, 7) is 0.578. The molecule has 3 rings (SSSR count). The number of aryl methyl sites for hydroxylation is 2. The van der Waals surface area contributed by atoms with Gasteiger partial charge >= 0.3 is 5.69 Å². The highest BCUT2D eigenvalue weighted by Gasteiger charge is 2.07. The first-order valence-corrected chi connectivity index (χ1v) is 6.16. The van der Waals surface area contributed by atoms with E-state index < -0.39 is 0 Å². The van der Waals surface area contributed by atoms with Crippen molar-refractivity contribution in [2.45, 2.75) is 13.0 Å². The predicted octanol–water partition coefficient (Wildman–Crippen LogP) is 2.71. The average molecular weight is 256 g/mol. The molecule has 96 valence electrons. The van der Waals surface area contributed by atoms with Crippen LogP contribution >= 0.6 is 0 Å². The number of halogens is 1. The summed E-state index contributed by atoms with van der Waals surface area (Å²) in [6.07, 6.45) is 0.769. The molecule has 0 unspecified atom stereocenters. The number of rotatable bonds is 3. The van der Waals surface area contributed by atoms with Crippen LogP contribution in [0.1, 0.15) is 5.56 Å². The molecule has 0 saturated carbocycles. The summed E-state index contributed by atoms with van der Waals surface area (Å²) in [5.41, 5.74) is 2.25. The van der Waals surface area contributed by atoms with Gasteiger partial charge in [0.2, 0.25) is 0 Å². The zero-order valence-corrected chi connectivity index (χ0v) is 10.3. The molecular formula is C15H13FN2O. The van der Waals surface area contributed by atoms with Crippen LogP contribution in [0.2, 0.25) is 0 Å². The second kappa shape index (κ2) is 4.72. The van der Waals surface area contributed by atoms with Gasteiger partial charge in [0.15, 0.2) is 0 Å². The Labute approximate surface area is 109 Å². The fraction of sp³-hybridized carbons (Fsp3) is 0.133. The van der Waals surface area contributed by atoms with Crippen molar-refractivity contribution >= 4 is 11.0 Å². The molecule has 1 N–H and O–H groups in total. The fourth-order valence-corrected chi connectivity index (χ4v) is 2.24. The molecule has 0 aliphatic carbocycles. The van der Waals surface area contributed by atoms with Crippen LogP contribution in [0.4, 0.5) is 4.39 Å². The second-order valence-electron chi connectivity index (χ2n) is 4.48. The number of aromatic nitrogens is 2. The number of fused-ring (bicyclic) bond motifs is 1. The quantitative estimate of drug-likeness (QED) is 0.768. The number of hydrogen-bond acceptors (Lipinski definition) is 1. The molecule has 3 nitrogen and oxygen atoms in total. The molecular weight excluding hydrogens is 243 g/mol. The lowest BCUT2D eigenvalue weighted by atomic mass is 10.1. The molecule has 0 amide bonds. The minimum atomic E-state index is -0.344. The summed E-state index contributed by atoms with van der Waals surface area (Å²) >= 11 is 0. The minimum absolute atomic E-state index is 0.198. The third kappa shape index (κ3) is 2.29. The van der Waals surface area contributed by atoms with E-state index in [1.165, 1.54) is 17.7 Å². The third-order valence-electron chi connectivity index (χ3n) is 3.20. The van der Waals surface area contributed by atoms with Gasteiger partial charge in [-0.3, -0.25) is 4.57 Å². The maximum Gasteiger partial charge on any atom is 0.326 e. The highest BCUT2D eigenvalue weighted by atomic mass is 19.1. The number of imidazole rings is 1. The first-order chi connectivity index (χ1) is 9.24. The lowest BCUT2D eigenvalue weighted by molar-refractivity contribution is 0.629. The van der Waals surface area contributed by atoms with Crippen molar-refractivity contribution in [2.24, 2.45) is 0 Å². The smallest absolute Gasteiger partial charge is 0.305 e. The van der Waals surface area contributed by atoms with Crippen molar-refractivity contribution in [3.05, 3.63) is 70.4 Å². The lowest BCUT2D eigenvalue weighted by Gasteiger charge is -2.03. The highest BCUT2D eigenvalue weighted by Crippen LogP contribution is 2.12. The maximum atomic E-state index is 13.1. The summed E-state index contributed by atoms with van der Waals surface area (Å²) in [4.78, 5) is 14.5. The van der Waals surface area contributed by atoms with Gasteiger partial charge in [-0.2, -0.15) is 0 Å². The van der Waals surface area contributed by atoms with Gasteiger partial charge in [0.05, 0.1) is 11.0 Å². The first-order valence-electron chi connectivity index (χ1n) is 6.16. The number of nitrogens with zero attached hydrogens (tertiary/aromatic N) is 1. The number of hydrogen-bond donors (Lipinski definition) is 1. The van der Waals surface area contributed by atoms with Crippen molar-refractivity contribution < 1.29 is 4.39 Å². The Kier molecular flexibility index (Phi) is 2.91. The molecule has 0 aliphatic heterocycles. The largest absolute Gasteiger partial charge is 0.326 e. The van der Waals surface area contributed by atoms with Crippen molar-refractivity contribution in [3.8, 4) is 0 Å². The van der Waals surface area contributed by atoms with Gasteiger partial charge in [-0.15, -0.1) is 0 Å². The van der Waals surface area contributed by atoms with Crippen LogP contribution in [-0.4, -0.2) is 9.55 Å². The van der Waals surface area contributed by atoms with Gasteiger partial charge in [0, 0.05) is 6.54 Å². The molecule has 19 heavy (non-hydrogen) atoms. The number of aromatic amines is 1. The topological polar surface area (TPSA) is 37.8 Å². The summed E-state index contributed by atoms with van der Waals surface area (Å²) in [5, 5.41) is 0. The molecule has 0 atom stereocenters. The second-order valence-corrected chi connectivity index (χ2v) is 4.48. The maximum absolute atomic E-state index is 13.1. The van der Waals surface area contributed by atoms with Crippen LogP contribution in [0.25, 0.3) is 11.0 Å². The standard InChI is InChI=1S/C15H13FN2O/c16-12-6-7-14-13(10-12)17-15(19)18(14)9-8-11-4-2-1-3-5-11/h1-7,10H,8-9H2,(H,17,19).